The van der Waals surface area contributed by atoms with Crippen LogP contribution >= 0.6 is 0 Å². The maximum Gasteiger partial charge on any atom is 0.246 e. The Morgan fingerprint density at radius 3 is 2.43 bits per heavy atom. The molecular formula is C23H29N3O2. The Hall–Kier alpha value is -2.35. The van der Waals surface area contributed by atoms with Crippen LogP contribution in [0.25, 0.3) is 0 Å². The van der Waals surface area contributed by atoms with E-state index in [4.69, 9.17) is 0 Å². The summed E-state index contributed by atoms with van der Waals surface area (Å²) in [6.45, 7) is 1.33. The van der Waals surface area contributed by atoms with Crippen molar-refractivity contribution in [1.82, 2.24) is 9.80 Å². The highest BCUT2D eigenvalue weighted by Gasteiger charge is 2.39. The van der Waals surface area contributed by atoms with Crippen LogP contribution < -0.4 is 0 Å². The molecule has 1 aromatic rings. The monoisotopic (exact) mass is 379 g/mol. The zero-order valence-electron chi connectivity index (χ0n) is 16.5. The first-order chi connectivity index (χ1) is 13.7. The van der Waals surface area contributed by atoms with Gasteiger partial charge in [0.2, 0.25) is 11.8 Å². The van der Waals surface area contributed by atoms with E-state index in [-0.39, 0.29) is 23.9 Å². The molecule has 0 bridgehead atoms. The van der Waals surface area contributed by atoms with Crippen LogP contribution in [0.15, 0.2) is 24.3 Å². The molecular weight excluding hydrogens is 350 g/mol. The Morgan fingerprint density at radius 1 is 1.04 bits per heavy atom. The maximum atomic E-state index is 12.9. The SMILES string of the molecule is N#C[C@@H]1CCCN1C(=O)[C@@H]1CCCN1C(=O)CCCC1Cc2ccccc2C1. The van der Waals surface area contributed by atoms with Crippen LogP contribution in [-0.4, -0.2) is 46.8 Å². The van der Waals surface area contributed by atoms with Gasteiger partial charge in [0.25, 0.3) is 0 Å². The zero-order valence-corrected chi connectivity index (χ0v) is 16.5. The molecule has 2 atom stereocenters. The van der Waals surface area contributed by atoms with Gasteiger partial charge in [-0.05, 0) is 68.4 Å². The van der Waals surface area contributed by atoms with E-state index in [1.165, 1.54) is 11.1 Å². The van der Waals surface area contributed by atoms with Crippen molar-refractivity contribution < 1.29 is 9.59 Å². The molecule has 0 unspecified atom stereocenters. The van der Waals surface area contributed by atoms with E-state index in [0.717, 1.165) is 51.4 Å². The quantitative estimate of drug-likeness (QED) is 0.790. The normalized spacial score (nSPS) is 24.4. The lowest BCUT2D eigenvalue weighted by atomic mass is 9.98. The van der Waals surface area contributed by atoms with Crippen molar-refractivity contribution in [3.8, 4) is 6.07 Å². The molecule has 1 aliphatic carbocycles. The van der Waals surface area contributed by atoms with Crippen LogP contribution in [0.3, 0.4) is 0 Å². The van der Waals surface area contributed by atoms with E-state index < -0.39 is 0 Å². The highest BCUT2D eigenvalue weighted by Crippen LogP contribution is 2.30. The van der Waals surface area contributed by atoms with Crippen LogP contribution in [0.5, 0.6) is 0 Å². The fraction of sp³-hybridized carbons (Fsp3) is 0.609. The number of rotatable bonds is 5. The minimum atomic E-state index is -0.350. The van der Waals surface area contributed by atoms with Crippen molar-refractivity contribution >= 4 is 11.8 Å². The zero-order chi connectivity index (χ0) is 19.5. The van der Waals surface area contributed by atoms with Crippen LogP contribution in [0.1, 0.15) is 56.1 Å². The summed E-state index contributed by atoms with van der Waals surface area (Å²) >= 11 is 0. The summed E-state index contributed by atoms with van der Waals surface area (Å²) in [6.07, 6.45) is 7.98. The van der Waals surface area contributed by atoms with Crippen LogP contribution in [0.2, 0.25) is 0 Å². The average Bonchev–Trinajstić information content (AvgIpc) is 3.45. The Balaban J connectivity index is 1.27. The average molecular weight is 380 g/mol. The Labute approximate surface area is 167 Å². The van der Waals surface area contributed by atoms with Crippen molar-refractivity contribution in [1.29, 1.82) is 5.26 Å². The Morgan fingerprint density at radius 2 is 1.71 bits per heavy atom. The molecule has 2 fully saturated rings. The smallest absolute Gasteiger partial charge is 0.246 e. The van der Waals surface area contributed by atoms with Crippen LogP contribution in [-0.2, 0) is 22.4 Å². The molecule has 4 rings (SSSR count). The summed E-state index contributed by atoms with van der Waals surface area (Å²) in [6, 6.07) is 10.2. The Bertz CT molecular complexity index is 759. The second-order valence-corrected chi connectivity index (χ2v) is 8.50. The fourth-order valence-electron chi connectivity index (χ4n) is 5.22. The number of hydrogen-bond donors (Lipinski definition) is 0. The number of hydrogen-bond acceptors (Lipinski definition) is 3. The molecule has 2 aliphatic heterocycles. The van der Waals surface area contributed by atoms with Crippen molar-refractivity contribution in [2.75, 3.05) is 13.1 Å². The van der Waals surface area contributed by atoms with Gasteiger partial charge in [-0.2, -0.15) is 5.26 Å². The molecule has 2 amide bonds. The van der Waals surface area contributed by atoms with Crippen LogP contribution in [0.4, 0.5) is 0 Å². The maximum absolute atomic E-state index is 12.9. The van der Waals surface area contributed by atoms with E-state index in [2.05, 4.69) is 30.3 Å². The fourth-order valence-corrected chi connectivity index (χ4v) is 5.22. The first kappa shape index (κ1) is 19.0. The van der Waals surface area contributed by atoms with Gasteiger partial charge in [0.1, 0.15) is 12.1 Å². The topological polar surface area (TPSA) is 64.4 Å². The van der Waals surface area contributed by atoms with E-state index >= 15 is 0 Å². The molecule has 1 aromatic carbocycles. The second-order valence-electron chi connectivity index (χ2n) is 8.50. The van der Waals surface area contributed by atoms with Gasteiger partial charge in [0.05, 0.1) is 6.07 Å². The molecule has 3 aliphatic rings. The minimum absolute atomic E-state index is 0.0128. The summed E-state index contributed by atoms with van der Waals surface area (Å²) < 4.78 is 0. The van der Waals surface area contributed by atoms with Crippen molar-refractivity contribution in [2.45, 2.75) is 69.9 Å². The molecule has 0 saturated carbocycles. The molecule has 148 valence electrons. The number of benzene rings is 1. The predicted molar refractivity (Wildman–Crippen MR) is 106 cm³/mol. The summed E-state index contributed by atoms with van der Waals surface area (Å²) in [5, 5.41) is 9.26. The molecule has 5 nitrogen and oxygen atoms in total. The van der Waals surface area contributed by atoms with Gasteiger partial charge in [0.15, 0.2) is 0 Å². The predicted octanol–water partition coefficient (Wildman–Crippen LogP) is 3.08. The van der Waals surface area contributed by atoms with E-state index in [1.54, 1.807) is 9.80 Å². The number of nitrogens with zero attached hydrogens (tertiary/aromatic N) is 3. The minimum Gasteiger partial charge on any atom is -0.331 e. The number of amides is 2. The largest absolute Gasteiger partial charge is 0.331 e. The lowest BCUT2D eigenvalue weighted by Gasteiger charge is -2.29. The standard InChI is InChI=1S/C23H29N3O2/c24-16-20-9-4-12-25(20)23(28)21-10-5-13-26(21)22(27)11-3-6-17-14-18-7-1-2-8-19(18)15-17/h1-2,7-8,17,20-21H,3-6,9-15H2/t20-,21-/m0/s1. The van der Waals surface area contributed by atoms with Gasteiger partial charge >= 0.3 is 0 Å². The molecule has 0 radical (unpaired) electrons. The molecule has 0 spiro atoms. The second kappa shape index (κ2) is 8.34. The summed E-state index contributed by atoms with van der Waals surface area (Å²) in [7, 11) is 0. The van der Waals surface area contributed by atoms with Crippen molar-refractivity contribution in [2.24, 2.45) is 5.92 Å². The van der Waals surface area contributed by atoms with E-state index in [0.29, 0.717) is 25.4 Å². The third-order valence-corrected chi connectivity index (χ3v) is 6.68. The summed E-state index contributed by atoms with van der Waals surface area (Å²) in [4.78, 5) is 29.2. The van der Waals surface area contributed by atoms with Gasteiger partial charge in [-0.3, -0.25) is 9.59 Å². The van der Waals surface area contributed by atoms with Gasteiger partial charge in [-0.25, -0.2) is 0 Å². The number of nitriles is 1. The molecule has 2 heterocycles. The van der Waals surface area contributed by atoms with Gasteiger partial charge in [-0.15, -0.1) is 0 Å². The van der Waals surface area contributed by atoms with Gasteiger partial charge in [0, 0.05) is 19.5 Å². The number of likely N-dealkylation sites (tertiary alicyclic amines) is 2. The number of carbonyl (C=O) groups excluding carboxylic acids is 2. The first-order valence-electron chi connectivity index (χ1n) is 10.7. The highest BCUT2D eigenvalue weighted by molar-refractivity contribution is 5.88. The number of carbonyl (C=O) groups is 2. The lowest BCUT2D eigenvalue weighted by molar-refractivity contribution is -0.143. The van der Waals surface area contributed by atoms with Crippen molar-refractivity contribution in [3.05, 3.63) is 35.4 Å². The molecule has 0 aromatic heterocycles. The third-order valence-electron chi connectivity index (χ3n) is 6.68. The van der Waals surface area contributed by atoms with Crippen LogP contribution in [0, 0.1) is 17.2 Å². The molecule has 28 heavy (non-hydrogen) atoms. The Kier molecular flexibility index (Phi) is 5.66. The van der Waals surface area contributed by atoms with E-state index in [1.807, 2.05) is 0 Å². The van der Waals surface area contributed by atoms with Gasteiger partial charge in [-0.1, -0.05) is 24.3 Å². The number of fused-ring (bicyclic) bond motifs is 1. The first-order valence-corrected chi connectivity index (χ1v) is 10.7. The van der Waals surface area contributed by atoms with Gasteiger partial charge < -0.3 is 9.80 Å². The summed E-state index contributed by atoms with van der Waals surface area (Å²) in [5.41, 5.74) is 2.92. The lowest BCUT2D eigenvalue weighted by Crippen LogP contribution is -2.49. The van der Waals surface area contributed by atoms with E-state index in [9.17, 15) is 14.9 Å². The molecule has 2 saturated heterocycles. The summed E-state index contributed by atoms with van der Waals surface area (Å²) in [5.74, 6) is 0.738. The van der Waals surface area contributed by atoms with Crippen molar-refractivity contribution in [3.63, 3.8) is 0 Å². The third kappa shape index (κ3) is 3.78. The highest BCUT2D eigenvalue weighted by atomic mass is 16.2. The molecule has 0 N–H and O–H groups in total. The molecule has 5 heteroatoms.